The van der Waals surface area contributed by atoms with Crippen LogP contribution in [0.3, 0.4) is 0 Å². The monoisotopic (exact) mass is 275 g/mol. The molecule has 2 aromatic rings. The molecule has 0 N–H and O–H groups in total. The Morgan fingerprint density at radius 2 is 2.18 bits per heavy atom. The second-order valence-corrected chi connectivity index (χ2v) is 3.63. The lowest BCUT2D eigenvalue weighted by Gasteiger charge is -1.92. The van der Waals surface area contributed by atoms with Gasteiger partial charge in [-0.05, 0) is 37.9 Å². The zero-order valence-electron chi connectivity index (χ0n) is 5.33. The second kappa shape index (κ2) is 2.57. The van der Waals surface area contributed by atoms with E-state index in [1.165, 1.54) is 0 Å². The minimum absolute atomic E-state index is 0.789. The van der Waals surface area contributed by atoms with Gasteiger partial charge in [0.15, 0.2) is 5.65 Å². The standard InChI is InChI=1S/C6H3Br2N3/c7-4-3-6-9-2-1-5(8)11(6)10-4/h1-3H. The van der Waals surface area contributed by atoms with Crippen LogP contribution in [0.15, 0.2) is 27.5 Å². The van der Waals surface area contributed by atoms with Crippen LogP contribution in [0.5, 0.6) is 0 Å². The fourth-order valence-corrected chi connectivity index (χ4v) is 1.58. The van der Waals surface area contributed by atoms with E-state index in [9.17, 15) is 0 Å². The van der Waals surface area contributed by atoms with Crippen molar-refractivity contribution in [3.63, 3.8) is 0 Å². The van der Waals surface area contributed by atoms with Crippen LogP contribution in [0.1, 0.15) is 0 Å². The molecule has 0 amide bonds. The average molecular weight is 277 g/mol. The quantitative estimate of drug-likeness (QED) is 0.691. The van der Waals surface area contributed by atoms with Gasteiger partial charge in [0.2, 0.25) is 0 Å². The van der Waals surface area contributed by atoms with Gasteiger partial charge in [-0.2, -0.15) is 5.10 Å². The molecule has 0 saturated heterocycles. The van der Waals surface area contributed by atoms with Gasteiger partial charge in [0, 0.05) is 12.3 Å². The van der Waals surface area contributed by atoms with E-state index in [1.54, 1.807) is 10.7 Å². The predicted molar refractivity (Wildman–Crippen MR) is 48.4 cm³/mol. The van der Waals surface area contributed by atoms with Crippen LogP contribution in [0.2, 0.25) is 0 Å². The van der Waals surface area contributed by atoms with E-state index < -0.39 is 0 Å². The third-order valence-electron chi connectivity index (χ3n) is 1.28. The Kier molecular flexibility index (Phi) is 1.69. The lowest BCUT2D eigenvalue weighted by Crippen LogP contribution is -1.90. The Hall–Kier alpha value is -0.420. The number of halogens is 2. The molecule has 2 rings (SSSR count). The molecule has 0 fully saturated rings. The SMILES string of the molecule is Brc1cc2nccc(Br)n2n1. The third kappa shape index (κ3) is 1.18. The van der Waals surface area contributed by atoms with Crippen molar-refractivity contribution in [1.82, 2.24) is 14.6 Å². The maximum Gasteiger partial charge on any atom is 0.157 e. The molecule has 0 aliphatic heterocycles. The molecule has 0 atom stereocenters. The van der Waals surface area contributed by atoms with Crippen molar-refractivity contribution in [3.05, 3.63) is 27.5 Å². The third-order valence-corrected chi connectivity index (χ3v) is 2.27. The van der Waals surface area contributed by atoms with Crippen molar-refractivity contribution >= 4 is 37.5 Å². The first-order valence-corrected chi connectivity index (χ1v) is 4.52. The maximum absolute atomic E-state index is 4.14. The Balaban J connectivity index is 2.90. The average Bonchev–Trinajstić information content (AvgIpc) is 2.31. The number of nitrogens with zero attached hydrogens (tertiary/aromatic N) is 3. The van der Waals surface area contributed by atoms with Crippen LogP contribution in [-0.2, 0) is 0 Å². The van der Waals surface area contributed by atoms with Crippen molar-refractivity contribution in [2.45, 2.75) is 0 Å². The van der Waals surface area contributed by atoms with Gasteiger partial charge in [0.1, 0.15) is 9.21 Å². The van der Waals surface area contributed by atoms with Crippen molar-refractivity contribution in [2.24, 2.45) is 0 Å². The summed E-state index contributed by atoms with van der Waals surface area (Å²) in [5, 5.41) is 4.14. The van der Waals surface area contributed by atoms with E-state index in [2.05, 4.69) is 41.9 Å². The van der Waals surface area contributed by atoms with E-state index >= 15 is 0 Å². The molecular formula is C6H3Br2N3. The summed E-state index contributed by atoms with van der Waals surface area (Å²) in [6, 6.07) is 3.69. The minimum Gasteiger partial charge on any atom is -0.237 e. The smallest absolute Gasteiger partial charge is 0.157 e. The number of rotatable bonds is 0. The highest BCUT2D eigenvalue weighted by atomic mass is 79.9. The topological polar surface area (TPSA) is 30.2 Å². The summed E-state index contributed by atoms with van der Waals surface area (Å²) in [5.41, 5.74) is 0.825. The van der Waals surface area contributed by atoms with Crippen LogP contribution < -0.4 is 0 Å². The van der Waals surface area contributed by atoms with Gasteiger partial charge in [-0.3, -0.25) is 0 Å². The fraction of sp³-hybridized carbons (Fsp3) is 0. The summed E-state index contributed by atoms with van der Waals surface area (Å²) in [4.78, 5) is 4.10. The van der Waals surface area contributed by atoms with Gasteiger partial charge in [-0.1, -0.05) is 0 Å². The lowest BCUT2D eigenvalue weighted by atomic mass is 10.6. The summed E-state index contributed by atoms with van der Waals surface area (Å²) >= 11 is 6.62. The Bertz CT molecular complexity index is 396. The molecule has 0 aliphatic carbocycles. The van der Waals surface area contributed by atoms with Crippen LogP contribution in [-0.4, -0.2) is 14.6 Å². The van der Waals surface area contributed by atoms with Crippen molar-refractivity contribution in [3.8, 4) is 0 Å². The highest BCUT2D eigenvalue weighted by Crippen LogP contribution is 2.14. The second-order valence-electron chi connectivity index (χ2n) is 2.00. The van der Waals surface area contributed by atoms with Crippen LogP contribution in [0.25, 0.3) is 5.65 Å². The summed E-state index contributed by atoms with van der Waals surface area (Å²) in [6.45, 7) is 0. The van der Waals surface area contributed by atoms with E-state index in [1.807, 2.05) is 12.1 Å². The van der Waals surface area contributed by atoms with E-state index in [0.29, 0.717) is 0 Å². The molecular weight excluding hydrogens is 274 g/mol. The van der Waals surface area contributed by atoms with Crippen molar-refractivity contribution < 1.29 is 0 Å². The molecule has 0 aromatic carbocycles. The number of hydrogen-bond donors (Lipinski definition) is 0. The molecule has 2 aromatic heterocycles. The van der Waals surface area contributed by atoms with Crippen molar-refractivity contribution in [1.29, 1.82) is 0 Å². The van der Waals surface area contributed by atoms with E-state index in [4.69, 9.17) is 0 Å². The molecule has 0 aliphatic rings. The first-order chi connectivity index (χ1) is 5.27. The van der Waals surface area contributed by atoms with Gasteiger partial charge < -0.3 is 0 Å². The molecule has 0 saturated carbocycles. The molecule has 11 heavy (non-hydrogen) atoms. The van der Waals surface area contributed by atoms with E-state index in [0.717, 1.165) is 14.9 Å². The summed E-state index contributed by atoms with van der Waals surface area (Å²) in [6.07, 6.45) is 1.73. The summed E-state index contributed by atoms with van der Waals surface area (Å²) < 4.78 is 3.40. The fourth-order valence-electron chi connectivity index (χ4n) is 0.838. The molecule has 2 heterocycles. The molecule has 3 nitrogen and oxygen atoms in total. The molecule has 0 spiro atoms. The predicted octanol–water partition coefficient (Wildman–Crippen LogP) is 2.25. The number of fused-ring (bicyclic) bond motifs is 1. The van der Waals surface area contributed by atoms with Crippen LogP contribution >= 0.6 is 31.9 Å². The Labute approximate surface area is 79.7 Å². The van der Waals surface area contributed by atoms with Crippen molar-refractivity contribution in [2.75, 3.05) is 0 Å². The molecule has 0 unspecified atom stereocenters. The molecule has 5 heteroatoms. The van der Waals surface area contributed by atoms with Gasteiger partial charge >= 0.3 is 0 Å². The first kappa shape index (κ1) is 7.24. The van der Waals surface area contributed by atoms with Crippen LogP contribution in [0, 0.1) is 0 Å². The summed E-state index contributed by atoms with van der Waals surface area (Å²) in [7, 11) is 0. The number of hydrogen-bond acceptors (Lipinski definition) is 2. The number of aromatic nitrogens is 3. The van der Waals surface area contributed by atoms with Crippen LogP contribution in [0.4, 0.5) is 0 Å². The molecule has 0 bridgehead atoms. The maximum atomic E-state index is 4.14. The molecule has 0 radical (unpaired) electrons. The lowest BCUT2D eigenvalue weighted by molar-refractivity contribution is 0.903. The normalized spacial score (nSPS) is 10.7. The van der Waals surface area contributed by atoms with E-state index in [-0.39, 0.29) is 0 Å². The largest absolute Gasteiger partial charge is 0.237 e. The zero-order chi connectivity index (χ0) is 7.84. The van der Waals surface area contributed by atoms with Gasteiger partial charge in [-0.25, -0.2) is 9.50 Å². The highest BCUT2D eigenvalue weighted by Gasteiger charge is 2.00. The zero-order valence-corrected chi connectivity index (χ0v) is 8.50. The van der Waals surface area contributed by atoms with Gasteiger partial charge in [0.05, 0.1) is 0 Å². The Morgan fingerprint density at radius 1 is 1.36 bits per heavy atom. The molecule has 56 valence electrons. The minimum atomic E-state index is 0.789. The first-order valence-electron chi connectivity index (χ1n) is 2.93. The summed E-state index contributed by atoms with van der Waals surface area (Å²) in [5.74, 6) is 0. The van der Waals surface area contributed by atoms with Gasteiger partial charge in [0.25, 0.3) is 0 Å². The Morgan fingerprint density at radius 3 is 2.91 bits per heavy atom. The highest BCUT2D eigenvalue weighted by molar-refractivity contribution is 9.10. The van der Waals surface area contributed by atoms with Gasteiger partial charge in [-0.15, -0.1) is 0 Å².